The number of amides is 1. The number of rotatable bonds is 5. The van der Waals surface area contributed by atoms with Gasteiger partial charge in [0.2, 0.25) is 5.91 Å². The molecule has 2 aromatic heterocycles. The zero-order chi connectivity index (χ0) is 11.2. The van der Waals surface area contributed by atoms with E-state index in [1.54, 1.807) is 17.1 Å². The first-order valence-corrected chi connectivity index (χ1v) is 5.07. The van der Waals surface area contributed by atoms with Crippen molar-refractivity contribution in [2.45, 2.75) is 19.5 Å². The lowest BCUT2D eigenvalue weighted by Crippen LogP contribution is -2.23. The predicted octanol–water partition coefficient (Wildman–Crippen LogP) is 0.313. The van der Waals surface area contributed by atoms with Crippen LogP contribution in [0.2, 0.25) is 0 Å². The molecule has 0 aliphatic heterocycles. The summed E-state index contributed by atoms with van der Waals surface area (Å²) in [6, 6.07) is 1.93. The van der Waals surface area contributed by atoms with Gasteiger partial charge in [-0.1, -0.05) is 5.21 Å². The first-order chi connectivity index (χ1) is 7.84. The molecule has 0 saturated heterocycles. The first kappa shape index (κ1) is 10.4. The zero-order valence-electron chi connectivity index (χ0n) is 8.76. The van der Waals surface area contributed by atoms with Gasteiger partial charge in [0.15, 0.2) is 0 Å². The molecule has 0 radical (unpaired) electrons. The summed E-state index contributed by atoms with van der Waals surface area (Å²) in [5.41, 5.74) is 1.06. The summed E-state index contributed by atoms with van der Waals surface area (Å²) < 4.78 is 1.63. The normalized spacial score (nSPS) is 10.2. The Kier molecular flexibility index (Phi) is 3.32. The van der Waals surface area contributed by atoms with Gasteiger partial charge in [-0.05, 0) is 11.6 Å². The maximum atomic E-state index is 11.5. The van der Waals surface area contributed by atoms with E-state index in [-0.39, 0.29) is 5.91 Å². The predicted molar refractivity (Wildman–Crippen MR) is 57.3 cm³/mol. The average Bonchev–Trinajstić information content (AvgIpc) is 2.96. The van der Waals surface area contributed by atoms with Gasteiger partial charge in [-0.3, -0.25) is 9.48 Å². The Bertz CT molecular complexity index is 380. The molecule has 0 bridgehead atoms. The molecule has 6 heteroatoms. The van der Waals surface area contributed by atoms with Crippen molar-refractivity contribution in [3.05, 3.63) is 36.4 Å². The largest absolute Gasteiger partial charge is 0.367 e. The second-order valence-electron chi connectivity index (χ2n) is 3.41. The highest BCUT2D eigenvalue weighted by Crippen LogP contribution is 1.95. The molecule has 2 N–H and O–H groups in total. The topological polar surface area (TPSA) is 75.6 Å². The van der Waals surface area contributed by atoms with Crippen LogP contribution >= 0.6 is 0 Å². The van der Waals surface area contributed by atoms with E-state index in [0.717, 1.165) is 5.56 Å². The van der Waals surface area contributed by atoms with Gasteiger partial charge in [0.25, 0.3) is 0 Å². The van der Waals surface area contributed by atoms with Gasteiger partial charge in [0, 0.05) is 31.6 Å². The third-order valence-corrected chi connectivity index (χ3v) is 2.19. The number of hydrogen-bond donors (Lipinski definition) is 2. The quantitative estimate of drug-likeness (QED) is 0.760. The van der Waals surface area contributed by atoms with Crippen molar-refractivity contribution >= 4 is 5.91 Å². The Labute approximate surface area is 92.7 Å². The fourth-order valence-corrected chi connectivity index (χ4v) is 1.33. The van der Waals surface area contributed by atoms with Crippen molar-refractivity contribution in [3.8, 4) is 0 Å². The van der Waals surface area contributed by atoms with Crippen LogP contribution in [0.1, 0.15) is 12.0 Å². The third-order valence-electron chi connectivity index (χ3n) is 2.19. The summed E-state index contributed by atoms with van der Waals surface area (Å²) in [7, 11) is 0. The number of carbonyl (C=O) groups excluding carboxylic acids is 1. The van der Waals surface area contributed by atoms with Gasteiger partial charge in [-0.2, -0.15) is 0 Å². The summed E-state index contributed by atoms with van der Waals surface area (Å²) >= 11 is 0. The number of carbonyl (C=O) groups is 1. The Morgan fingerprint density at radius 1 is 1.56 bits per heavy atom. The molecule has 0 unspecified atom stereocenters. The summed E-state index contributed by atoms with van der Waals surface area (Å²) in [4.78, 5) is 14.4. The summed E-state index contributed by atoms with van der Waals surface area (Å²) in [6.45, 7) is 1.11. The maximum Gasteiger partial charge on any atom is 0.222 e. The van der Waals surface area contributed by atoms with E-state index < -0.39 is 0 Å². The number of aryl methyl sites for hydroxylation is 1. The second kappa shape index (κ2) is 5.11. The molecule has 84 valence electrons. The van der Waals surface area contributed by atoms with Crippen molar-refractivity contribution in [2.24, 2.45) is 0 Å². The Morgan fingerprint density at radius 2 is 2.50 bits per heavy atom. The Balaban J connectivity index is 1.69. The van der Waals surface area contributed by atoms with Crippen molar-refractivity contribution in [3.63, 3.8) is 0 Å². The number of aromatic nitrogens is 4. The molecular weight excluding hydrogens is 206 g/mol. The maximum absolute atomic E-state index is 11.5. The van der Waals surface area contributed by atoms with Crippen molar-refractivity contribution in [1.82, 2.24) is 25.3 Å². The molecule has 0 atom stereocenters. The highest BCUT2D eigenvalue weighted by molar-refractivity contribution is 5.75. The van der Waals surface area contributed by atoms with Crippen LogP contribution in [0.3, 0.4) is 0 Å². The number of H-pyrrole nitrogens is 1. The second-order valence-corrected chi connectivity index (χ2v) is 3.41. The molecular formula is C10H13N5O. The summed E-state index contributed by atoms with van der Waals surface area (Å²) in [5.74, 6) is 0.0108. The lowest BCUT2D eigenvalue weighted by Gasteiger charge is -2.03. The van der Waals surface area contributed by atoms with E-state index in [4.69, 9.17) is 0 Å². The van der Waals surface area contributed by atoms with E-state index in [1.165, 1.54) is 0 Å². The van der Waals surface area contributed by atoms with Gasteiger partial charge in [0.05, 0.1) is 12.7 Å². The summed E-state index contributed by atoms with van der Waals surface area (Å²) in [6.07, 6.45) is 7.43. The van der Waals surface area contributed by atoms with E-state index in [0.29, 0.717) is 19.5 Å². The molecule has 16 heavy (non-hydrogen) atoms. The minimum absolute atomic E-state index is 0.0108. The highest BCUT2D eigenvalue weighted by Gasteiger charge is 2.02. The third kappa shape index (κ3) is 2.94. The number of hydrogen-bond acceptors (Lipinski definition) is 3. The number of nitrogens with one attached hydrogen (secondary N) is 2. The zero-order valence-corrected chi connectivity index (χ0v) is 8.76. The molecule has 2 rings (SSSR count). The van der Waals surface area contributed by atoms with E-state index in [2.05, 4.69) is 20.6 Å². The van der Waals surface area contributed by atoms with E-state index >= 15 is 0 Å². The fourth-order valence-electron chi connectivity index (χ4n) is 1.33. The first-order valence-electron chi connectivity index (χ1n) is 5.07. The molecule has 0 aromatic carbocycles. The molecule has 0 fully saturated rings. The Hall–Kier alpha value is -2.11. The molecule has 2 aromatic rings. The lowest BCUT2D eigenvalue weighted by molar-refractivity contribution is -0.121. The smallest absolute Gasteiger partial charge is 0.222 e. The van der Waals surface area contributed by atoms with Gasteiger partial charge < -0.3 is 10.3 Å². The number of aromatic amines is 1. The SMILES string of the molecule is O=C(CCn1ccnn1)NCc1cc[nH]c1. The Morgan fingerprint density at radius 3 is 3.19 bits per heavy atom. The number of nitrogens with zero attached hydrogens (tertiary/aromatic N) is 3. The molecule has 2 heterocycles. The molecule has 0 aliphatic rings. The van der Waals surface area contributed by atoms with Crippen LogP contribution in [0.4, 0.5) is 0 Å². The van der Waals surface area contributed by atoms with Crippen LogP contribution < -0.4 is 5.32 Å². The fraction of sp³-hybridized carbons (Fsp3) is 0.300. The summed E-state index contributed by atoms with van der Waals surface area (Å²) in [5, 5.41) is 10.3. The molecule has 0 aliphatic carbocycles. The van der Waals surface area contributed by atoms with Crippen LogP contribution in [0.5, 0.6) is 0 Å². The van der Waals surface area contributed by atoms with Crippen LogP contribution in [0.25, 0.3) is 0 Å². The molecule has 0 saturated carbocycles. The van der Waals surface area contributed by atoms with Gasteiger partial charge in [0.1, 0.15) is 0 Å². The minimum Gasteiger partial charge on any atom is -0.367 e. The molecule has 6 nitrogen and oxygen atoms in total. The minimum atomic E-state index is 0.0108. The van der Waals surface area contributed by atoms with Crippen LogP contribution in [-0.4, -0.2) is 25.9 Å². The van der Waals surface area contributed by atoms with Crippen LogP contribution in [0.15, 0.2) is 30.9 Å². The standard InChI is InChI=1S/C10H13N5O/c16-10(2-5-15-6-4-13-14-15)12-8-9-1-3-11-7-9/h1,3-4,6-7,11H,2,5,8H2,(H,12,16). The van der Waals surface area contributed by atoms with Crippen molar-refractivity contribution < 1.29 is 4.79 Å². The van der Waals surface area contributed by atoms with Crippen LogP contribution in [-0.2, 0) is 17.9 Å². The monoisotopic (exact) mass is 219 g/mol. The van der Waals surface area contributed by atoms with Gasteiger partial charge >= 0.3 is 0 Å². The van der Waals surface area contributed by atoms with Gasteiger partial charge in [-0.15, -0.1) is 5.10 Å². The van der Waals surface area contributed by atoms with E-state index in [9.17, 15) is 4.79 Å². The van der Waals surface area contributed by atoms with Crippen molar-refractivity contribution in [1.29, 1.82) is 0 Å². The average molecular weight is 219 g/mol. The molecule has 0 spiro atoms. The van der Waals surface area contributed by atoms with Gasteiger partial charge in [-0.25, -0.2) is 0 Å². The van der Waals surface area contributed by atoms with Crippen LogP contribution in [0, 0.1) is 0 Å². The molecule has 1 amide bonds. The highest BCUT2D eigenvalue weighted by atomic mass is 16.1. The van der Waals surface area contributed by atoms with E-state index in [1.807, 2.05) is 18.5 Å². The lowest BCUT2D eigenvalue weighted by atomic mass is 10.3. The van der Waals surface area contributed by atoms with Crippen molar-refractivity contribution in [2.75, 3.05) is 0 Å².